The van der Waals surface area contributed by atoms with Crippen LogP contribution in [-0.4, -0.2) is 9.55 Å². The second-order valence-corrected chi connectivity index (χ2v) is 2.28. The van der Waals surface area contributed by atoms with Gasteiger partial charge >= 0.3 is 5.69 Å². The van der Waals surface area contributed by atoms with Crippen molar-refractivity contribution in [2.24, 2.45) is 0 Å². The highest BCUT2D eigenvalue weighted by Crippen LogP contribution is 1.78. The van der Waals surface area contributed by atoms with Crippen LogP contribution in [0.5, 0.6) is 0 Å². The summed E-state index contributed by atoms with van der Waals surface area (Å²) in [7, 11) is 0. The molecule has 1 rings (SSSR count). The van der Waals surface area contributed by atoms with Crippen LogP contribution in [0, 0.1) is 16.6 Å². The second kappa shape index (κ2) is 3.17. The van der Waals surface area contributed by atoms with Crippen LogP contribution in [0.25, 0.3) is 0 Å². The molecule has 0 aliphatic heterocycles. The van der Waals surface area contributed by atoms with E-state index in [0.717, 1.165) is 0 Å². The molecule has 0 spiro atoms. The molecular formula is C7H6N2OS. The molecular weight excluding hydrogens is 160 g/mol. The van der Waals surface area contributed by atoms with E-state index < -0.39 is 0 Å². The van der Waals surface area contributed by atoms with Crippen molar-refractivity contribution in [2.75, 3.05) is 0 Å². The maximum Gasteiger partial charge on any atom is 0.338 e. The van der Waals surface area contributed by atoms with Crippen molar-refractivity contribution in [2.45, 2.75) is 6.92 Å². The van der Waals surface area contributed by atoms with Crippen molar-refractivity contribution in [3.63, 3.8) is 0 Å². The monoisotopic (exact) mass is 166 g/mol. The Bertz CT molecular complexity index is 418. The lowest BCUT2D eigenvalue weighted by Crippen LogP contribution is -2.18. The predicted molar refractivity (Wildman–Crippen MR) is 44.7 cm³/mol. The summed E-state index contributed by atoms with van der Waals surface area (Å²) in [5.41, 5.74) is -0.299. The zero-order valence-electron chi connectivity index (χ0n) is 5.92. The van der Waals surface area contributed by atoms with Crippen molar-refractivity contribution >= 4 is 12.2 Å². The van der Waals surface area contributed by atoms with Crippen LogP contribution >= 0.6 is 12.2 Å². The second-order valence-electron chi connectivity index (χ2n) is 1.84. The first-order valence-corrected chi connectivity index (χ1v) is 3.39. The highest BCUT2D eigenvalue weighted by atomic mass is 32.1. The van der Waals surface area contributed by atoms with Gasteiger partial charge in [0, 0.05) is 12.2 Å². The average Bonchev–Trinajstić information content (AvgIpc) is 1.95. The Labute approximate surface area is 68.7 Å². The Morgan fingerprint density at radius 3 is 3.00 bits per heavy atom. The molecule has 0 aliphatic rings. The topological polar surface area (TPSA) is 37.8 Å². The summed E-state index contributed by atoms with van der Waals surface area (Å²) in [6.07, 6.45) is 1.54. The minimum absolute atomic E-state index is 0.299. The van der Waals surface area contributed by atoms with Gasteiger partial charge in [0.25, 0.3) is 0 Å². The van der Waals surface area contributed by atoms with E-state index in [-0.39, 0.29) is 5.69 Å². The molecule has 0 radical (unpaired) electrons. The number of hydrogen-bond acceptors (Lipinski definition) is 2. The van der Waals surface area contributed by atoms with Gasteiger partial charge in [-0.15, -0.1) is 0 Å². The molecule has 0 saturated heterocycles. The number of H-pyrrole nitrogens is 1. The third kappa shape index (κ3) is 1.79. The largest absolute Gasteiger partial charge is 0.338 e. The third-order valence-electron chi connectivity index (χ3n) is 1.06. The zero-order valence-corrected chi connectivity index (χ0v) is 6.73. The van der Waals surface area contributed by atoms with E-state index in [4.69, 9.17) is 12.2 Å². The van der Waals surface area contributed by atoms with Crippen LogP contribution in [0.1, 0.15) is 6.92 Å². The van der Waals surface area contributed by atoms with Crippen molar-refractivity contribution in [3.8, 4) is 12.0 Å². The molecule has 0 fully saturated rings. The normalized spacial score (nSPS) is 8.45. The van der Waals surface area contributed by atoms with Crippen molar-refractivity contribution in [1.29, 1.82) is 0 Å². The van der Waals surface area contributed by atoms with Crippen molar-refractivity contribution in [1.82, 2.24) is 9.55 Å². The Morgan fingerprint density at radius 1 is 1.73 bits per heavy atom. The molecule has 4 heteroatoms. The number of aromatic amines is 1. The molecule has 1 aromatic heterocycles. The van der Waals surface area contributed by atoms with E-state index in [1.165, 1.54) is 10.8 Å². The Kier molecular flexibility index (Phi) is 2.24. The lowest BCUT2D eigenvalue weighted by Gasteiger charge is -1.90. The zero-order chi connectivity index (χ0) is 8.27. The molecule has 56 valence electrons. The lowest BCUT2D eigenvalue weighted by molar-refractivity contribution is 0.938. The third-order valence-corrected chi connectivity index (χ3v) is 1.29. The van der Waals surface area contributed by atoms with Crippen LogP contribution in [0.15, 0.2) is 17.1 Å². The van der Waals surface area contributed by atoms with Gasteiger partial charge in [0.15, 0.2) is 0 Å². The first-order valence-electron chi connectivity index (χ1n) is 2.99. The van der Waals surface area contributed by atoms with Gasteiger partial charge in [-0.2, -0.15) is 0 Å². The summed E-state index contributed by atoms with van der Waals surface area (Å²) in [6.45, 7) is 1.66. The SMILES string of the molecule is CC#Cn1ccc(=S)[nH]c1=O. The fourth-order valence-electron chi connectivity index (χ4n) is 0.626. The Hall–Kier alpha value is -1.34. The van der Waals surface area contributed by atoms with Crippen LogP contribution in [0.4, 0.5) is 0 Å². The van der Waals surface area contributed by atoms with E-state index in [9.17, 15) is 4.79 Å². The number of rotatable bonds is 0. The van der Waals surface area contributed by atoms with E-state index in [0.29, 0.717) is 4.64 Å². The van der Waals surface area contributed by atoms with Crippen LogP contribution in [-0.2, 0) is 0 Å². The van der Waals surface area contributed by atoms with Gasteiger partial charge in [-0.1, -0.05) is 18.1 Å². The van der Waals surface area contributed by atoms with E-state index in [1.54, 1.807) is 13.0 Å². The average molecular weight is 166 g/mol. The molecule has 0 saturated carbocycles. The summed E-state index contributed by atoms with van der Waals surface area (Å²) in [5, 5.41) is 0. The number of hydrogen-bond donors (Lipinski definition) is 1. The van der Waals surface area contributed by atoms with Gasteiger partial charge in [0.1, 0.15) is 4.64 Å². The summed E-state index contributed by atoms with van der Waals surface area (Å²) >= 11 is 4.73. The van der Waals surface area contributed by atoms with Crippen LogP contribution in [0.3, 0.4) is 0 Å². The fourth-order valence-corrected chi connectivity index (χ4v) is 0.774. The van der Waals surface area contributed by atoms with Gasteiger partial charge in [0.2, 0.25) is 0 Å². The molecule has 0 amide bonds. The highest BCUT2D eigenvalue weighted by Gasteiger charge is 1.86. The Morgan fingerprint density at radius 2 is 2.45 bits per heavy atom. The van der Waals surface area contributed by atoms with E-state index >= 15 is 0 Å². The van der Waals surface area contributed by atoms with Crippen LogP contribution in [0.2, 0.25) is 0 Å². The molecule has 0 aliphatic carbocycles. The molecule has 3 nitrogen and oxygen atoms in total. The Balaban J connectivity index is 3.39. The molecule has 0 unspecified atom stereocenters. The molecule has 0 atom stereocenters. The maximum atomic E-state index is 11.0. The molecule has 1 heterocycles. The van der Waals surface area contributed by atoms with E-state index in [1.807, 2.05) is 0 Å². The molecule has 1 aromatic rings. The van der Waals surface area contributed by atoms with E-state index in [2.05, 4.69) is 16.9 Å². The quantitative estimate of drug-likeness (QED) is 0.456. The number of nitrogens with zero attached hydrogens (tertiary/aromatic N) is 1. The summed E-state index contributed by atoms with van der Waals surface area (Å²) in [4.78, 5) is 13.4. The fraction of sp³-hybridized carbons (Fsp3) is 0.143. The highest BCUT2D eigenvalue weighted by molar-refractivity contribution is 7.71. The van der Waals surface area contributed by atoms with Crippen molar-refractivity contribution in [3.05, 3.63) is 27.4 Å². The van der Waals surface area contributed by atoms with Crippen LogP contribution < -0.4 is 5.69 Å². The maximum absolute atomic E-state index is 11.0. The van der Waals surface area contributed by atoms with Gasteiger partial charge in [0.05, 0.1) is 0 Å². The first-order chi connectivity index (χ1) is 5.24. The molecule has 1 N–H and O–H groups in total. The smallest absolute Gasteiger partial charge is 0.297 e. The first kappa shape index (κ1) is 7.76. The van der Waals surface area contributed by atoms with Gasteiger partial charge in [-0.05, 0) is 13.0 Å². The van der Waals surface area contributed by atoms with Crippen molar-refractivity contribution < 1.29 is 0 Å². The molecule has 0 bridgehead atoms. The summed E-state index contributed by atoms with van der Waals surface area (Å²) < 4.78 is 1.67. The number of aromatic nitrogens is 2. The molecule has 11 heavy (non-hydrogen) atoms. The summed E-state index contributed by atoms with van der Waals surface area (Å²) in [5.74, 6) is 2.60. The lowest BCUT2D eigenvalue weighted by atomic mass is 10.6. The van der Waals surface area contributed by atoms with Gasteiger partial charge < -0.3 is 0 Å². The van der Waals surface area contributed by atoms with Gasteiger partial charge in [-0.3, -0.25) is 4.98 Å². The minimum atomic E-state index is -0.299. The number of nitrogens with one attached hydrogen (secondary N) is 1. The van der Waals surface area contributed by atoms with Gasteiger partial charge in [-0.25, -0.2) is 9.36 Å². The predicted octanol–water partition coefficient (Wildman–Crippen LogP) is 0.735. The standard InChI is InChI=1S/C7H6N2OS/c1-2-4-9-5-3-6(11)8-7(9)10/h3,5H,1H3,(H,8,10,11). The summed E-state index contributed by atoms with van der Waals surface area (Å²) in [6, 6.07) is 4.19. The molecule has 0 aromatic carbocycles. The minimum Gasteiger partial charge on any atom is -0.297 e.